The lowest BCUT2D eigenvalue weighted by Crippen LogP contribution is -2.52. The number of nitrogens with one attached hydrogen (secondary N) is 2. The molecule has 2 fully saturated rings. The quantitative estimate of drug-likeness (QED) is 0.556. The van der Waals surface area contributed by atoms with Gasteiger partial charge in [-0.3, -0.25) is 9.79 Å². The summed E-state index contributed by atoms with van der Waals surface area (Å²) >= 11 is 0. The molecule has 2 aliphatic rings. The van der Waals surface area contributed by atoms with Crippen LogP contribution in [0.3, 0.4) is 0 Å². The fraction of sp³-hybridized carbons (Fsp3) is 0.455. The van der Waals surface area contributed by atoms with Gasteiger partial charge in [0, 0.05) is 64.5 Å². The predicted octanol–water partition coefficient (Wildman–Crippen LogP) is 1.49. The average Bonchev–Trinajstić information content (AvgIpc) is 3.36. The highest BCUT2D eigenvalue weighted by atomic mass is 16.5. The van der Waals surface area contributed by atoms with Crippen LogP contribution in [-0.2, 0) is 16.1 Å². The summed E-state index contributed by atoms with van der Waals surface area (Å²) in [4.78, 5) is 29.8. The zero-order valence-corrected chi connectivity index (χ0v) is 17.8. The van der Waals surface area contributed by atoms with Crippen molar-refractivity contribution < 1.29 is 9.53 Å². The molecule has 2 saturated heterocycles. The molecule has 4 rings (SSSR count). The molecule has 3 heterocycles. The van der Waals surface area contributed by atoms with Gasteiger partial charge in [0.15, 0.2) is 5.96 Å². The number of aromatic nitrogens is 2. The molecule has 1 atom stereocenters. The van der Waals surface area contributed by atoms with Gasteiger partial charge >= 0.3 is 0 Å². The van der Waals surface area contributed by atoms with Crippen LogP contribution in [0.5, 0.6) is 0 Å². The smallest absolute Gasteiger partial charge is 0.253 e. The Balaban J connectivity index is 1.28. The van der Waals surface area contributed by atoms with E-state index in [0.717, 1.165) is 62.2 Å². The Labute approximate surface area is 182 Å². The van der Waals surface area contributed by atoms with Crippen LogP contribution in [0.4, 0.5) is 11.6 Å². The summed E-state index contributed by atoms with van der Waals surface area (Å²) in [6.07, 6.45) is 4.93. The molecule has 164 valence electrons. The summed E-state index contributed by atoms with van der Waals surface area (Å²) in [6.45, 7) is 4.65. The molecule has 0 spiro atoms. The molecule has 0 radical (unpaired) electrons. The average molecular weight is 424 g/mol. The maximum Gasteiger partial charge on any atom is 0.253 e. The van der Waals surface area contributed by atoms with E-state index < -0.39 is 0 Å². The van der Waals surface area contributed by atoms with E-state index in [1.54, 1.807) is 19.4 Å². The Morgan fingerprint density at radius 2 is 2.00 bits per heavy atom. The second-order valence-corrected chi connectivity index (χ2v) is 7.61. The van der Waals surface area contributed by atoms with Crippen LogP contribution in [0.2, 0.25) is 0 Å². The third kappa shape index (κ3) is 5.49. The third-order valence-corrected chi connectivity index (χ3v) is 5.49. The maximum atomic E-state index is 12.3. The number of nitrogens with zero attached hydrogens (tertiary/aromatic N) is 5. The molecular formula is C22H29N7O2. The summed E-state index contributed by atoms with van der Waals surface area (Å²) in [6, 6.07) is 9.69. The number of amides is 1. The number of piperazine rings is 1. The zero-order valence-electron chi connectivity index (χ0n) is 17.8. The van der Waals surface area contributed by atoms with Crippen molar-refractivity contribution in [1.29, 1.82) is 0 Å². The first-order valence-corrected chi connectivity index (χ1v) is 10.7. The number of aliphatic imine (C=N–C) groups is 1. The number of carbonyl (C=O) groups excluding carboxylic acids is 1. The molecule has 2 N–H and O–H groups in total. The van der Waals surface area contributed by atoms with E-state index >= 15 is 0 Å². The van der Waals surface area contributed by atoms with Gasteiger partial charge in [0.05, 0.1) is 0 Å². The lowest BCUT2D eigenvalue weighted by molar-refractivity contribution is -0.124. The van der Waals surface area contributed by atoms with E-state index in [9.17, 15) is 4.79 Å². The Bertz CT molecular complexity index is 892. The topological polar surface area (TPSA) is 95.0 Å². The minimum atomic E-state index is -0.333. The highest BCUT2D eigenvalue weighted by molar-refractivity contribution is 5.94. The van der Waals surface area contributed by atoms with Crippen molar-refractivity contribution in [3.63, 3.8) is 0 Å². The molecule has 0 bridgehead atoms. The van der Waals surface area contributed by atoms with Crippen molar-refractivity contribution in [2.45, 2.75) is 25.5 Å². The van der Waals surface area contributed by atoms with E-state index in [1.165, 1.54) is 0 Å². The zero-order chi connectivity index (χ0) is 21.5. The van der Waals surface area contributed by atoms with Gasteiger partial charge in [-0.2, -0.15) is 0 Å². The number of rotatable bonds is 5. The second-order valence-electron chi connectivity index (χ2n) is 7.61. The van der Waals surface area contributed by atoms with Gasteiger partial charge in [-0.1, -0.05) is 12.1 Å². The number of hydrogen-bond donors (Lipinski definition) is 2. The van der Waals surface area contributed by atoms with Crippen molar-refractivity contribution in [1.82, 2.24) is 20.2 Å². The second kappa shape index (κ2) is 10.2. The molecule has 2 aromatic rings. The highest BCUT2D eigenvalue weighted by Gasteiger charge is 2.24. The van der Waals surface area contributed by atoms with Crippen molar-refractivity contribution in [2.24, 2.45) is 4.99 Å². The van der Waals surface area contributed by atoms with Gasteiger partial charge in [-0.15, -0.1) is 0 Å². The normalized spacial score (nSPS) is 19.4. The molecule has 2 aliphatic heterocycles. The molecule has 0 aliphatic carbocycles. The summed E-state index contributed by atoms with van der Waals surface area (Å²) in [7, 11) is 1.80. The molecule has 31 heavy (non-hydrogen) atoms. The summed E-state index contributed by atoms with van der Waals surface area (Å²) in [5.74, 6) is 1.56. The largest absolute Gasteiger partial charge is 0.368 e. The first-order valence-electron chi connectivity index (χ1n) is 10.7. The first kappa shape index (κ1) is 21.0. The van der Waals surface area contributed by atoms with Crippen molar-refractivity contribution in [3.8, 4) is 0 Å². The van der Waals surface area contributed by atoms with Gasteiger partial charge in [0.25, 0.3) is 5.91 Å². The minimum Gasteiger partial charge on any atom is -0.368 e. The van der Waals surface area contributed by atoms with E-state index in [2.05, 4.69) is 35.4 Å². The number of anilines is 2. The monoisotopic (exact) mass is 423 g/mol. The maximum absolute atomic E-state index is 12.3. The van der Waals surface area contributed by atoms with Gasteiger partial charge in [0.1, 0.15) is 6.10 Å². The molecule has 9 heteroatoms. The van der Waals surface area contributed by atoms with Gasteiger partial charge < -0.3 is 25.2 Å². The lowest BCUT2D eigenvalue weighted by atomic mass is 10.2. The van der Waals surface area contributed by atoms with Crippen LogP contribution in [0.25, 0.3) is 0 Å². The van der Waals surface area contributed by atoms with E-state index in [-0.39, 0.29) is 12.0 Å². The Hall–Kier alpha value is -3.20. The SMILES string of the molecule is CN=C(NCc1cccc(NC(=O)C2CCCO2)c1)N1CCN(c2ncccn2)CC1. The van der Waals surface area contributed by atoms with Crippen molar-refractivity contribution >= 4 is 23.5 Å². The number of benzene rings is 1. The standard InChI is InChI=1S/C22H29N7O2/c1-23-21(28-10-12-29(13-11-28)22-24-8-4-9-25-22)26-16-17-5-2-6-18(15-17)27-20(30)19-7-3-14-31-19/h2,4-6,8-9,15,19H,3,7,10-14,16H2,1H3,(H,23,26)(H,27,30). The van der Waals surface area contributed by atoms with Gasteiger partial charge in [-0.05, 0) is 36.6 Å². The highest BCUT2D eigenvalue weighted by Crippen LogP contribution is 2.16. The summed E-state index contributed by atoms with van der Waals surface area (Å²) < 4.78 is 5.46. The van der Waals surface area contributed by atoms with Crippen LogP contribution in [0.15, 0.2) is 47.7 Å². The fourth-order valence-corrected chi connectivity index (χ4v) is 3.85. The summed E-state index contributed by atoms with van der Waals surface area (Å²) in [5.41, 5.74) is 1.86. The molecule has 1 amide bonds. The van der Waals surface area contributed by atoms with Crippen molar-refractivity contribution in [2.75, 3.05) is 50.1 Å². The lowest BCUT2D eigenvalue weighted by Gasteiger charge is -2.36. The first-order chi connectivity index (χ1) is 15.2. The van der Waals surface area contributed by atoms with E-state index in [4.69, 9.17) is 4.74 Å². The number of guanidine groups is 1. The minimum absolute atomic E-state index is 0.0707. The van der Waals surface area contributed by atoms with Crippen LogP contribution in [0, 0.1) is 0 Å². The molecule has 1 aromatic carbocycles. The third-order valence-electron chi connectivity index (χ3n) is 5.49. The van der Waals surface area contributed by atoms with Gasteiger partial charge in [-0.25, -0.2) is 9.97 Å². The number of ether oxygens (including phenoxy) is 1. The summed E-state index contributed by atoms with van der Waals surface area (Å²) in [5, 5.41) is 6.39. The molecule has 0 saturated carbocycles. The van der Waals surface area contributed by atoms with Crippen LogP contribution >= 0.6 is 0 Å². The molecule has 1 unspecified atom stereocenters. The molecule has 1 aromatic heterocycles. The predicted molar refractivity (Wildman–Crippen MR) is 120 cm³/mol. The molecule has 9 nitrogen and oxygen atoms in total. The van der Waals surface area contributed by atoms with E-state index in [0.29, 0.717) is 13.2 Å². The number of carbonyl (C=O) groups is 1. The van der Waals surface area contributed by atoms with Crippen molar-refractivity contribution in [3.05, 3.63) is 48.3 Å². The van der Waals surface area contributed by atoms with Crippen LogP contribution < -0.4 is 15.5 Å². The van der Waals surface area contributed by atoms with Crippen LogP contribution in [0.1, 0.15) is 18.4 Å². The number of hydrogen-bond acceptors (Lipinski definition) is 6. The van der Waals surface area contributed by atoms with Gasteiger partial charge in [0.2, 0.25) is 5.95 Å². The molecular weight excluding hydrogens is 394 g/mol. The Morgan fingerprint density at radius 3 is 2.71 bits per heavy atom. The van der Waals surface area contributed by atoms with E-state index in [1.807, 2.05) is 30.3 Å². The Morgan fingerprint density at radius 1 is 1.19 bits per heavy atom. The fourth-order valence-electron chi connectivity index (χ4n) is 3.85. The Kier molecular flexibility index (Phi) is 6.93. The van der Waals surface area contributed by atoms with Crippen LogP contribution in [-0.4, -0.2) is 72.7 Å².